The largest absolute Gasteiger partial charge is 0.399 e. The number of hydrogen-bond donors (Lipinski definition) is 3. The Morgan fingerprint density at radius 1 is 1.00 bits per heavy atom. The number of nitrogen functional groups attached to an aromatic ring is 1. The van der Waals surface area contributed by atoms with E-state index in [9.17, 15) is 0 Å². The Balaban J connectivity index is 1.61. The van der Waals surface area contributed by atoms with Crippen LogP contribution in [-0.2, 0) is 13.1 Å². The van der Waals surface area contributed by atoms with E-state index in [2.05, 4.69) is 27.4 Å². The van der Waals surface area contributed by atoms with E-state index in [0.29, 0.717) is 0 Å². The van der Waals surface area contributed by atoms with Crippen molar-refractivity contribution in [2.75, 3.05) is 5.73 Å². The van der Waals surface area contributed by atoms with Crippen LogP contribution in [0.1, 0.15) is 11.1 Å². The lowest BCUT2D eigenvalue weighted by Gasteiger charge is -2.05. The second-order valence-corrected chi connectivity index (χ2v) is 4.60. The van der Waals surface area contributed by atoms with Crippen molar-refractivity contribution in [1.82, 2.24) is 15.3 Å². The Morgan fingerprint density at radius 3 is 2.58 bits per heavy atom. The lowest BCUT2D eigenvalue weighted by atomic mass is 10.2. The summed E-state index contributed by atoms with van der Waals surface area (Å²) >= 11 is 0. The minimum Gasteiger partial charge on any atom is -0.399 e. The molecule has 4 heteroatoms. The summed E-state index contributed by atoms with van der Waals surface area (Å²) in [5.41, 5.74) is 11.0. The number of aromatic amines is 1. The fourth-order valence-electron chi connectivity index (χ4n) is 2.08. The fourth-order valence-corrected chi connectivity index (χ4v) is 2.08. The van der Waals surface area contributed by atoms with Crippen LogP contribution in [0.2, 0.25) is 0 Å². The molecule has 3 rings (SSSR count). The van der Waals surface area contributed by atoms with E-state index in [-0.39, 0.29) is 0 Å². The molecule has 0 amide bonds. The van der Waals surface area contributed by atoms with Gasteiger partial charge in [0.2, 0.25) is 0 Å². The zero-order valence-corrected chi connectivity index (χ0v) is 10.6. The number of nitrogens with zero attached hydrogens (tertiary/aromatic N) is 1. The molecule has 0 aliphatic carbocycles. The molecule has 1 heterocycles. The van der Waals surface area contributed by atoms with Crippen molar-refractivity contribution in [2.45, 2.75) is 13.1 Å². The summed E-state index contributed by atoms with van der Waals surface area (Å²) in [5.74, 6) is 0. The second kappa shape index (κ2) is 5.12. The highest BCUT2D eigenvalue weighted by Crippen LogP contribution is 2.11. The zero-order valence-electron chi connectivity index (χ0n) is 10.6. The van der Waals surface area contributed by atoms with Crippen LogP contribution in [0.25, 0.3) is 11.0 Å². The van der Waals surface area contributed by atoms with E-state index in [4.69, 9.17) is 5.73 Å². The smallest absolute Gasteiger partial charge is 0.0931 e. The first-order valence-corrected chi connectivity index (χ1v) is 6.28. The van der Waals surface area contributed by atoms with Crippen LogP contribution < -0.4 is 11.1 Å². The number of nitrogens with one attached hydrogen (secondary N) is 2. The highest BCUT2D eigenvalue weighted by Gasteiger charge is 1.98. The molecule has 0 unspecified atom stereocenters. The molecular formula is C15H16N4. The van der Waals surface area contributed by atoms with Gasteiger partial charge < -0.3 is 16.0 Å². The van der Waals surface area contributed by atoms with Crippen molar-refractivity contribution in [2.24, 2.45) is 0 Å². The van der Waals surface area contributed by atoms with Gasteiger partial charge in [-0.2, -0.15) is 0 Å². The molecule has 0 aliphatic heterocycles. The van der Waals surface area contributed by atoms with Crippen LogP contribution in [0, 0.1) is 0 Å². The van der Waals surface area contributed by atoms with Gasteiger partial charge in [-0.15, -0.1) is 0 Å². The number of rotatable bonds is 4. The quantitative estimate of drug-likeness (QED) is 0.625. The predicted molar refractivity (Wildman–Crippen MR) is 77.5 cm³/mol. The number of anilines is 1. The van der Waals surface area contributed by atoms with Crippen molar-refractivity contribution in [3.8, 4) is 0 Å². The van der Waals surface area contributed by atoms with Crippen molar-refractivity contribution < 1.29 is 0 Å². The van der Waals surface area contributed by atoms with E-state index in [1.807, 2.05) is 30.3 Å². The second-order valence-electron chi connectivity index (χ2n) is 4.60. The van der Waals surface area contributed by atoms with Crippen molar-refractivity contribution in [3.05, 3.63) is 59.9 Å². The third-order valence-electron chi connectivity index (χ3n) is 3.12. The van der Waals surface area contributed by atoms with Crippen molar-refractivity contribution in [1.29, 1.82) is 0 Å². The van der Waals surface area contributed by atoms with E-state index in [0.717, 1.165) is 29.8 Å². The molecule has 0 fully saturated rings. The third kappa shape index (κ3) is 2.74. The molecule has 0 atom stereocenters. The predicted octanol–water partition coefficient (Wildman–Crippen LogP) is 2.43. The zero-order chi connectivity index (χ0) is 13.1. The van der Waals surface area contributed by atoms with Gasteiger partial charge in [-0.25, -0.2) is 4.98 Å². The summed E-state index contributed by atoms with van der Waals surface area (Å²) in [6, 6.07) is 14.2. The molecule has 0 aliphatic rings. The molecule has 0 saturated heterocycles. The lowest BCUT2D eigenvalue weighted by molar-refractivity contribution is 0.694. The van der Waals surface area contributed by atoms with Crippen LogP contribution in [0.5, 0.6) is 0 Å². The summed E-state index contributed by atoms with van der Waals surface area (Å²) in [5, 5.41) is 3.42. The number of fused-ring (bicyclic) bond motifs is 1. The first-order valence-electron chi connectivity index (χ1n) is 6.28. The summed E-state index contributed by atoms with van der Waals surface area (Å²) in [4.78, 5) is 7.33. The average molecular weight is 252 g/mol. The Morgan fingerprint density at radius 2 is 1.74 bits per heavy atom. The third-order valence-corrected chi connectivity index (χ3v) is 3.12. The number of hydrogen-bond acceptors (Lipinski definition) is 3. The molecule has 0 bridgehead atoms. The molecular weight excluding hydrogens is 236 g/mol. The van der Waals surface area contributed by atoms with E-state index in [1.54, 1.807) is 6.33 Å². The minimum atomic E-state index is 0.799. The average Bonchev–Trinajstić information content (AvgIpc) is 2.88. The maximum absolute atomic E-state index is 5.66. The van der Waals surface area contributed by atoms with Gasteiger partial charge in [0.25, 0.3) is 0 Å². The number of nitrogens with two attached hydrogens (primary N) is 1. The first-order chi connectivity index (χ1) is 9.31. The molecule has 1 aromatic heterocycles. The molecule has 3 aromatic rings. The summed E-state index contributed by atoms with van der Waals surface area (Å²) in [6.45, 7) is 1.67. The molecule has 0 spiro atoms. The SMILES string of the molecule is Nc1ccc(CNCc2ccc3nc[nH]c3c2)cc1. The fraction of sp³-hybridized carbons (Fsp3) is 0.133. The number of H-pyrrole nitrogens is 1. The maximum Gasteiger partial charge on any atom is 0.0931 e. The summed E-state index contributed by atoms with van der Waals surface area (Å²) < 4.78 is 0. The van der Waals surface area contributed by atoms with Gasteiger partial charge in [-0.05, 0) is 35.4 Å². The van der Waals surface area contributed by atoms with Crippen LogP contribution >= 0.6 is 0 Å². The number of imidazole rings is 1. The molecule has 4 nitrogen and oxygen atoms in total. The number of benzene rings is 2. The minimum absolute atomic E-state index is 0.799. The van der Waals surface area contributed by atoms with Gasteiger partial charge in [0, 0.05) is 18.8 Å². The molecule has 96 valence electrons. The summed E-state index contributed by atoms with van der Waals surface area (Å²) in [6.07, 6.45) is 1.72. The molecule has 4 N–H and O–H groups in total. The van der Waals surface area contributed by atoms with Crippen LogP contribution in [0.15, 0.2) is 48.8 Å². The Labute approximate surface area is 111 Å². The Bertz CT molecular complexity index is 670. The Hall–Kier alpha value is -2.33. The van der Waals surface area contributed by atoms with E-state index < -0.39 is 0 Å². The van der Waals surface area contributed by atoms with Crippen molar-refractivity contribution >= 4 is 16.7 Å². The highest BCUT2D eigenvalue weighted by molar-refractivity contribution is 5.74. The maximum atomic E-state index is 5.66. The molecule has 0 saturated carbocycles. The molecule has 0 radical (unpaired) electrons. The summed E-state index contributed by atoms with van der Waals surface area (Å²) in [7, 11) is 0. The Kier molecular flexibility index (Phi) is 3.16. The van der Waals surface area contributed by atoms with E-state index in [1.165, 1.54) is 11.1 Å². The normalized spacial score (nSPS) is 10.9. The van der Waals surface area contributed by atoms with Crippen molar-refractivity contribution in [3.63, 3.8) is 0 Å². The van der Waals surface area contributed by atoms with Crippen LogP contribution in [0.4, 0.5) is 5.69 Å². The van der Waals surface area contributed by atoms with Gasteiger partial charge >= 0.3 is 0 Å². The van der Waals surface area contributed by atoms with Crippen LogP contribution in [0.3, 0.4) is 0 Å². The van der Waals surface area contributed by atoms with Gasteiger partial charge in [0.05, 0.1) is 17.4 Å². The highest BCUT2D eigenvalue weighted by atomic mass is 14.9. The molecule has 19 heavy (non-hydrogen) atoms. The van der Waals surface area contributed by atoms with E-state index >= 15 is 0 Å². The monoisotopic (exact) mass is 252 g/mol. The number of aromatic nitrogens is 2. The van der Waals surface area contributed by atoms with Crippen LogP contribution in [-0.4, -0.2) is 9.97 Å². The lowest BCUT2D eigenvalue weighted by Crippen LogP contribution is -2.12. The van der Waals surface area contributed by atoms with Gasteiger partial charge in [-0.1, -0.05) is 18.2 Å². The topological polar surface area (TPSA) is 66.7 Å². The first kappa shape index (κ1) is 11.7. The van der Waals surface area contributed by atoms with Gasteiger partial charge in [-0.3, -0.25) is 0 Å². The molecule has 2 aromatic carbocycles. The van der Waals surface area contributed by atoms with Gasteiger partial charge in [0.1, 0.15) is 0 Å². The standard InChI is InChI=1S/C15H16N4/c16-13-4-1-11(2-5-13)8-17-9-12-3-6-14-15(7-12)19-10-18-14/h1-7,10,17H,8-9,16H2,(H,18,19). The van der Waals surface area contributed by atoms with Gasteiger partial charge in [0.15, 0.2) is 0 Å².